The first-order valence-electron chi connectivity index (χ1n) is 5.79. The Hall–Kier alpha value is -0.970. The minimum Gasteiger partial charge on any atom is -0.322 e. The molecule has 4 unspecified atom stereocenters. The second-order valence-electron chi connectivity index (χ2n) is 5.01. The largest absolute Gasteiger partial charge is 0.322 e. The lowest BCUT2D eigenvalue weighted by Crippen LogP contribution is -2.22. The predicted molar refractivity (Wildman–Crippen MR) is 54.9 cm³/mol. The lowest BCUT2D eigenvalue weighted by atomic mass is 9.95. The Morgan fingerprint density at radius 3 is 2.87 bits per heavy atom. The fourth-order valence-corrected chi connectivity index (χ4v) is 3.25. The van der Waals surface area contributed by atoms with Gasteiger partial charge in [0.15, 0.2) is 5.82 Å². The van der Waals surface area contributed by atoms with Crippen molar-refractivity contribution in [3.63, 3.8) is 0 Å². The van der Waals surface area contributed by atoms with Crippen LogP contribution in [0.1, 0.15) is 50.5 Å². The molecule has 0 spiro atoms. The van der Waals surface area contributed by atoms with E-state index in [-0.39, 0.29) is 6.04 Å². The maximum atomic E-state index is 5.86. The van der Waals surface area contributed by atoms with Crippen LogP contribution in [0, 0.1) is 11.8 Å². The maximum absolute atomic E-state index is 5.86. The van der Waals surface area contributed by atoms with Gasteiger partial charge in [-0.2, -0.15) is 0 Å². The van der Waals surface area contributed by atoms with Gasteiger partial charge in [-0.05, 0) is 48.4 Å². The zero-order chi connectivity index (χ0) is 10.4. The van der Waals surface area contributed by atoms with Crippen molar-refractivity contribution in [3.05, 3.63) is 5.82 Å². The molecule has 1 aromatic rings. The van der Waals surface area contributed by atoms with Gasteiger partial charge in [-0.3, -0.25) is 0 Å². The van der Waals surface area contributed by atoms with Crippen LogP contribution in [0.25, 0.3) is 0 Å². The average molecular weight is 207 g/mol. The fourth-order valence-electron chi connectivity index (χ4n) is 3.25. The third-order valence-corrected chi connectivity index (χ3v) is 3.94. The number of hydrogen-bond acceptors (Lipinski definition) is 4. The first-order valence-corrected chi connectivity index (χ1v) is 5.79. The van der Waals surface area contributed by atoms with E-state index in [9.17, 15) is 0 Å². The van der Waals surface area contributed by atoms with Crippen LogP contribution >= 0.6 is 0 Å². The SMILES string of the molecule is CC(N)c1nnnn1C1CC2CCC1C2. The minimum atomic E-state index is -0.0703. The molecule has 0 aromatic carbocycles. The van der Waals surface area contributed by atoms with Crippen molar-refractivity contribution in [3.8, 4) is 0 Å². The number of tetrazole rings is 1. The summed E-state index contributed by atoms with van der Waals surface area (Å²) >= 11 is 0. The lowest BCUT2D eigenvalue weighted by molar-refractivity contribution is 0.292. The van der Waals surface area contributed by atoms with Gasteiger partial charge < -0.3 is 5.73 Å². The van der Waals surface area contributed by atoms with Crippen LogP contribution in [0.4, 0.5) is 0 Å². The zero-order valence-corrected chi connectivity index (χ0v) is 9.00. The van der Waals surface area contributed by atoms with E-state index in [2.05, 4.69) is 15.5 Å². The van der Waals surface area contributed by atoms with E-state index in [1.165, 1.54) is 25.7 Å². The molecule has 0 amide bonds. The molecule has 2 bridgehead atoms. The van der Waals surface area contributed by atoms with Gasteiger partial charge in [0.2, 0.25) is 0 Å². The van der Waals surface area contributed by atoms with E-state index in [0.29, 0.717) is 6.04 Å². The highest BCUT2D eigenvalue weighted by molar-refractivity contribution is 4.98. The molecule has 1 heterocycles. The summed E-state index contributed by atoms with van der Waals surface area (Å²) in [6.45, 7) is 1.94. The predicted octanol–water partition coefficient (Wildman–Crippen LogP) is 1.05. The molecular weight excluding hydrogens is 190 g/mol. The molecular formula is C10H17N5. The molecule has 0 aliphatic heterocycles. The Morgan fingerprint density at radius 2 is 2.27 bits per heavy atom. The first kappa shape index (κ1) is 9.27. The van der Waals surface area contributed by atoms with E-state index < -0.39 is 0 Å². The number of aromatic nitrogens is 4. The zero-order valence-electron chi connectivity index (χ0n) is 9.00. The molecule has 2 aliphatic carbocycles. The van der Waals surface area contributed by atoms with Gasteiger partial charge in [0, 0.05) is 0 Å². The smallest absolute Gasteiger partial charge is 0.167 e. The topological polar surface area (TPSA) is 69.6 Å². The van der Waals surface area contributed by atoms with Crippen molar-refractivity contribution < 1.29 is 0 Å². The van der Waals surface area contributed by atoms with Crippen molar-refractivity contribution in [2.45, 2.75) is 44.7 Å². The van der Waals surface area contributed by atoms with Crippen molar-refractivity contribution in [1.29, 1.82) is 0 Å². The van der Waals surface area contributed by atoms with Crippen LogP contribution in [0.5, 0.6) is 0 Å². The van der Waals surface area contributed by atoms with Gasteiger partial charge in [0.1, 0.15) is 0 Å². The quantitative estimate of drug-likeness (QED) is 0.787. The molecule has 15 heavy (non-hydrogen) atoms. The number of nitrogens with two attached hydrogens (primary N) is 1. The average Bonchev–Trinajstić information content (AvgIpc) is 2.92. The van der Waals surface area contributed by atoms with Crippen LogP contribution in [0.15, 0.2) is 0 Å². The normalized spacial score (nSPS) is 36.0. The van der Waals surface area contributed by atoms with E-state index in [1.807, 2.05) is 11.6 Å². The third-order valence-electron chi connectivity index (χ3n) is 3.94. The summed E-state index contributed by atoms with van der Waals surface area (Å²) in [5.41, 5.74) is 5.86. The molecule has 2 aliphatic rings. The highest BCUT2D eigenvalue weighted by atomic mass is 15.6. The molecule has 1 aromatic heterocycles. The number of fused-ring (bicyclic) bond motifs is 2. The number of rotatable bonds is 2. The fraction of sp³-hybridized carbons (Fsp3) is 0.900. The Balaban J connectivity index is 1.90. The summed E-state index contributed by atoms with van der Waals surface area (Å²) in [5.74, 6) is 2.54. The molecule has 2 saturated carbocycles. The molecule has 0 radical (unpaired) electrons. The third kappa shape index (κ3) is 1.37. The van der Waals surface area contributed by atoms with Crippen LogP contribution in [0.2, 0.25) is 0 Å². The number of nitrogens with zero attached hydrogens (tertiary/aromatic N) is 4. The molecule has 82 valence electrons. The van der Waals surface area contributed by atoms with Crippen molar-refractivity contribution in [2.24, 2.45) is 17.6 Å². The van der Waals surface area contributed by atoms with Gasteiger partial charge in [-0.25, -0.2) is 4.68 Å². The van der Waals surface area contributed by atoms with E-state index >= 15 is 0 Å². The summed E-state index contributed by atoms with van der Waals surface area (Å²) in [5, 5.41) is 11.9. The Labute approximate surface area is 89.0 Å². The summed E-state index contributed by atoms with van der Waals surface area (Å²) < 4.78 is 1.98. The Kier molecular flexibility index (Phi) is 2.02. The molecule has 5 heteroatoms. The van der Waals surface area contributed by atoms with E-state index in [0.717, 1.165) is 17.7 Å². The maximum Gasteiger partial charge on any atom is 0.167 e. The molecule has 2 fully saturated rings. The van der Waals surface area contributed by atoms with Crippen LogP contribution in [-0.2, 0) is 0 Å². The van der Waals surface area contributed by atoms with E-state index in [1.54, 1.807) is 0 Å². The monoisotopic (exact) mass is 207 g/mol. The molecule has 0 saturated heterocycles. The molecule has 2 N–H and O–H groups in total. The summed E-state index contributed by atoms with van der Waals surface area (Å²) in [4.78, 5) is 0. The number of hydrogen-bond donors (Lipinski definition) is 1. The van der Waals surface area contributed by atoms with Gasteiger partial charge in [-0.15, -0.1) is 5.10 Å². The summed E-state index contributed by atoms with van der Waals surface area (Å²) in [6.07, 6.45) is 5.35. The van der Waals surface area contributed by atoms with Gasteiger partial charge in [0.05, 0.1) is 12.1 Å². The minimum absolute atomic E-state index is 0.0703. The van der Waals surface area contributed by atoms with Crippen molar-refractivity contribution in [1.82, 2.24) is 20.2 Å². The Morgan fingerprint density at radius 1 is 1.40 bits per heavy atom. The summed E-state index contributed by atoms with van der Waals surface area (Å²) in [7, 11) is 0. The second-order valence-corrected chi connectivity index (χ2v) is 5.01. The molecule has 4 atom stereocenters. The highest BCUT2D eigenvalue weighted by Crippen LogP contribution is 2.50. The second kappa shape index (κ2) is 3.27. The van der Waals surface area contributed by atoms with Crippen molar-refractivity contribution in [2.75, 3.05) is 0 Å². The van der Waals surface area contributed by atoms with Crippen LogP contribution in [-0.4, -0.2) is 20.2 Å². The van der Waals surface area contributed by atoms with Gasteiger partial charge in [-0.1, -0.05) is 6.42 Å². The molecule has 5 nitrogen and oxygen atoms in total. The Bertz CT molecular complexity index is 358. The van der Waals surface area contributed by atoms with Crippen LogP contribution < -0.4 is 5.73 Å². The molecule has 3 rings (SSSR count). The highest BCUT2D eigenvalue weighted by Gasteiger charge is 2.42. The lowest BCUT2D eigenvalue weighted by Gasteiger charge is -2.23. The first-order chi connectivity index (χ1) is 7.25. The van der Waals surface area contributed by atoms with Crippen LogP contribution in [0.3, 0.4) is 0 Å². The van der Waals surface area contributed by atoms with E-state index in [4.69, 9.17) is 5.73 Å². The standard InChI is InChI=1S/C10H17N5/c1-6(11)10-12-13-14-15(10)9-5-7-2-3-8(9)4-7/h6-9H,2-5,11H2,1H3. The van der Waals surface area contributed by atoms with Crippen molar-refractivity contribution >= 4 is 0 Å². The van der Waals surface area contributed by atoms with Gasteiger partial charge >= 0.3 is 0 Å². The summed E-state index contributed by atoms with van der Waals surface area (Å²) in [6, 6.07) is 0.443. The van der Waals surface area contributed by atoms with Gasteiger partial charge in [0.25, 0.3) is 0 Å².